The van der Waals surface area contributed by atoms with Gasteiger partial charge in [-0.15, -0.1) is 0 Å². The zero-order valence-corrected chi connectivity index (χ0v) is 5.21. The van der Waals surface area contributed by atoms with E-state index in [1.165, 1.54) is 6.08 Å². The van der Waals surface area contributed by atoms with E-state index in [2.05, 4.69) is 0 Å². The summed E-state index contributed by atoms with van der Waals surface area (Å²) >= 11 is 0. The van der Waals surface area contributed by atoms with Gasteiger partial charge in [0.15, 0.2) is 6.10 Å². The molecular weight excluding hydrogens is 135 g/mol. The predicted molar refractivity (Wildman–Crippen MR) is 32.4 cm³/mol. The van der Waals surface area contributed by atoms with Gasteiger partial charge in [0.05, 0.1) is 0 Å². The fourth-order valence-corrected chi connectivity index (χ4v) is 1.00. The molecular formula is C7H6FO2. The van der Waals surface area contributed by atoms with Crippen molar-refractivity contribution in [3.8, 4) is 0 Å². The lowest BCUT2D eigenvalue weighted by molar-refractivity contribution is 0.0521. The molecule has 0 N–H and O–H groups in total. The van der Waals surface area contributed by atoms with Crippen LogP contribution in [0.25, 0.3) is 0 Å². The molecule has 3 heteroatoms. The Hall–Kier alpha value is -0.670. The van der Waals surface area contributed by atoms with E-state index in [1.54, 1.807) is 12.2 Å². The average Bonchev–Trinajstić information content (AvgIpc) is 2.36. The second-order valence-electron chi connectivity index (χ2n) is 2.12. The van der Waals surface area contributed by atoms with Crippen molar-refractivity contribution in [1.82, 2.24) is 0 Å². The van der Waals surface area contributed by atoms with E-state index in [-0.39, 0.29) is 12.6 Å². The highest BCUT2D eigenvalue weighted by molar-refractivity contribution is 5.29. The molecule has 1 heterocycles. The van der Waals surface area contributed by atoms with E-state index in [9.17, 15) is 4.39 Å². The Morgan fingerprint density at radius 3 is 3.30 bits per heavy atom. The van der Waals surface area contributed by atoms with Crippen molar-refractivity contribution < 1.29 is 13.9 Å². The number of fused-ring (bicyclic) bond motifs is 1. The van der Waals surface area contributed by atoms with Gasteiger partial charge in [-0.2, -0.15) is 0 Å². The van der Waals surface area contributed by atoms with Crippen molar-refractivity contribution in [3.05, 3.63) is 30.2 Å². The summed E-state index contributed by atoms with van der Waals surface area (Å²) in [4.78, 5) is 0. The van der Waals surface area contributed by atoms with Crippen LogP contribution in [0.1, 0.15) is 0 Å². The van der Waals surface area contributed by atoms with Gasteiger partial charge in [0.2, 0.25) is 0 Å². The van der Waals surface area contributed by atoms with Crippen LogP contribution in [0.15, 0.2) is 24.1 Å². The number of hydrogen-bond acceptors (Lipinski definition) is 2. The maximum absolute atomic E-state index is 12.7. The second-order valence-corrected chi connectivity index (χ2v) is 2.12. The molecule has 10 heavy (non-hydrogen) atoms. The van der Waals surface area contributed by atoms with Gasteiger partial charge in [-0.1, -0.05) is 6.08 Å². The summed E-state index contributed by atoms with van der Waals surface area (Å²) in [5.41, 5.74) is 0. The topological polar surface area (TPSA) is 18.5 Å². The minimum atomic E-state index is -0.565. The van der Waals surface area contributed by atoms with Gasteiger partial charge < -0.3 is 9.47 Å². The molecule has 2 rings (SSSR count). The first kappa shape index (κ1) is 6.07. The summed E-state index contributed by atoms with van der Waals surface area (Å²) in [6, 6.07) is 0. The third kappa shape index (κ3) is 0.786. The Morgan fingerprint density at radius 2 is 2.50 bits per heavy atom. The molecule has 0 aromatic carbocycles. The summed E-state index contributed by atoms with van der Waals surface area (Å²) in [6.07, 6.45) is 4.70. The number of allylic oxidation sites excluding steroid dienone is 2. The van der Waals surface area contributed by atoms with Crippen molar-refractivity contribution in [2.45, 2.75) is 6.10 Å². The lowest BCUT2D eigenvalue weighted by atomic mass is 10.1. The largest absolute Gasteiger partial charge is 0.341 e. The Bertz CT molecular complexity index is 198. The van der Waals surface area contributed by atoms with Crippen LogP contribution in [0.3, 0.4) is 0 Å². The maximum atomic E-state index is 12.7. The van der Waals surface area contributed by atoms with Gasteiger partial charge in [0.25, 0.3) is 0 Å². The van der Waals surface area contributed by atoms with E-state index in [4.69, 9.17) is 9.47 Å². The van der Waals surface area contributed by atoms with Gasteiger partial charge >= 0.3 is 0 Å². The Balaban J connectivity index is 2.24. The van der Waals surface area contributed by atoms with Crippen LogP contribution in [-0.4, -0.2) is 12.9 Å². The molecule has 2 aliphatic rings. The number of halogens is 1. The smallest absolute Gasteiger partial charge is 0.157 e. The lowest BCUT2D eigenvalue weighted by Crippen LogP contribution is -2.15. The molecule has 2 nitrogen and oxygen atoms in total. The number of hydrogen-bond donors (Lipinski definition) is 0. The summed E-state index contributed by atoms with van der Waals surface area (Å²) < 4.78 is 22.6. The van der Waals surface area contributed by atoms with Gasteiger partial charge in [-0.05, 0) is 12.2 Å². The van der Waals surface area contributed by atoms with Gasteiger partial charge in [0.1, 0.15) is 18.7 Å². The van der Waals surface area contributed by atoms with E-state index in [0.29, 0.717) is 6.10 Å². The molecule has 1 radical (unpaired) electrons. The first-order valence-corrected chi connectivity index (χ1v) is 3.03. The molecule has 1 unspecified atom stereocenters. The highest BCUT2D eigenvalue weighted by Gasteiger charge is 2.33. The molecule has 1 fully saturated rings. The minimum Gasteiger partial charge on any atom is -0.341 e. The van der Waals surface area contributed by atoms with Crippen LogP contribution in [0.4, 0.5) is 4.39 Å². The number of ether oxygens (including phenoxy) is 2. The second kappa shape index (κ2) is 2.18. The molecule has 0 bridgehead atoms. The molecule has 53 valence electrons. The van der Waals surface area contributed by atoms with E-state index < -0.39 is 6.10 Å². The molecule has 0 saturated carbocycles. The van der Waals surface area contributed by atoms with Crippen LogP contribution in [-0.2, 0) is 9.47 Å². The van der Waals surface area contributed by atoms with Gasteiger partial charge in [-0.3, -0.25) is 0 Å². The SMILES string of the molecule is FC1=CC=C[C]2OCOC21. The molecule has 0 aromatic rings. The van der Waals surface area contributed by atoms with Crippen LogP contribution in [0, 0.1) is 6.10 Å². The van der Waals surface area contributed by atoms with Crippen LogP contribution in [0.5, 0.6) is 0 Å². The fourth-order valence-electron chi connectivity index (χ4n) is 1.00. The first-order valence-electron chi connectivity index (χ1n) is 3.03. The molecule has 0 aromatic heterocycles. The summed E-state index contributed by atoms with van der Waals surface area (Å²) in [7, 11) is 0. The zero-order valence-electron chi connectivity index (χ0n) is 5.21. The highest BCUT2D eigenvalue weighted by Crippen LogP contribution is 2.30. The zero-order chi connectivity index (χ0) is 6.97. The normalized spacial score (nSPS) is 32.1. The molecule has 1 saturated heterocycles. The standard InChI is InChI=1S/C7H6FO2/c8-5-2-1-3-6-7(5)10-4-9-6/h1-3,7H,4H2. The van der Waals surface area contributed by atoms with Crippen molar-refractivity contribution in [2.24, 2.45) is 0 Å². The monoisotopic (exact) mass is 141 g/mol. The highest BCUT2D eigenvalue weighted by atomic mass is 19.1. The fraction of sp³-hybridized carbons (Fsp3) is 0.286. The van der Waals surface area contributed by atoms with Crippen molar-refractivity contribution >= 4 is 0 Å². The third-order valence-corrected chi connectivity index (χ3v) is 1.49. The average molecular weight is 141 g/mol. The number of rotatable bonds is 0. The quantitative estimate of drug-likeness (QED) is 0.506. The minimum absolute atomic E-state index is 0.158. The van der Waals surface area contributed by atoms with Gasteiger partial charge in [0, 0.05) is 0 Å². The van der Waals surface area contributed by atoms with Crippen molar-refractivity contribution in [2.75, 3.05) is 6.79 Å². The Labute approximate surface area is 57.9 Å². The summed E-state index contributed by atoms with van der Waals surface area (Å²) in [5, 5.41) is 0. The first-order chi connectivity index (χ1) is 4.88. The molecule has 1 aliphatic carbocycles. The van der Waals surface area contributed by atoms with E-state index in [0.717, 1.165) is 0 Å². The van der Waals surface area contributed by atoms with Crippen LogP contribution < -0.4 is 0 Å². The van der Waals surface area contributed by atoms with Crippen LogP contribution in [0.2, 0.25) is 0 Å². The van der Waals surface area contributed by atoms with Crippen molar-refractivity contribution in [3.63, 3.8) is 0 Å². The Kier molecular flexibility index (Phi) is 1.32. The lowest BCUT2D eigenvalue weighted by Gasteiger charge is -2.12. The van der Waals surface area contributed by atoms with Crippen molar-refractivity contribution in [1.29, 1.82) is 0 Å². The molecule has 1 atom stereocenters. The Morgan fingerprint density at radius 1 is 1.60 bits per heavy atom. The van der Waals surface area contributed by atoms with E-state index >= 15 is 0 Å². The maximum Gasteiger partial charge on any atom is 0.157 e. The predicted octanol–water partition coefficient (Wildman–Crippen LogP) is 1.31. The van der Waals surface area contributed by atoms with E-state index in [1.807, 2.05) is 0 Å². The molecule has 0 spiro atoms. The summed E-state index contributed by atoms with van der Waals surface area (Å²) in [5.74, 6) is -0.282. The summed E-state index contributed by atoms with van der Waals surface area (Å²) in [6.45, 7) is 0.158. The van der Waals surface area contributed by atoms with Gasteiger partial charge in [-0.25, -0.2) is 4.39 Å². The third-order valence-electron chi connectivity index (χ3n) is 1.49. The molecule has 0 amide bonds. The van der Waals surface area contributed by atoms with Crippen LogP contribution >= 0.6 is 0 Å². The molecule has 1 aliphatic heterocycles.